The Hall–Kier alpha value is -4.44. The van der Waals surface area contributed by atoms with Crippen LogP contribution >= 0.6 is 0 Å². The first-order valence-electron chi connectivity index (χ1n) is 15.1. The lowest BCUT2D eigenvalue weighted by molar-refractivity contribution is -0.117. The molecule has 230 valence electrons. The van der Waals surface area contributed by atoms with Crippen LogP contribution in [0.2, 0.25) is 0 Å². The van der Waals surface area contributed by atoms with E-state index in [1.165, 1.54) is 0 Å². The van der Waals surface area contributed by atoms with Gasteiger partial charge in [0.2, 0.25) is 5.91 Å². The highest BCUT2D eigenvalue weighted by Gasteiger charge is 2.43. The number of amides is 1. The van der Waals surface area contributed by atoms with Gasteiger partial charge in [-0.05, 0) is 78.6 Å². The Morgan fingerprint density at radius 1 is 1.05 bits per heavy atom. The van der Waals surface area contributed by atoms with Crippen LogP contribution in [-0.4, -0.2) is 60.6 Å². The van der Waals surface area contributed by atoms with Crippen molar-refractivity contribution < 1.29 is 23.8 Å². The second-order valence-electron chi connectivity index (χ2n) is 11.5. The number of pyridine rings is 2. The quantitative estimate of drug-likeness (QED) is 0.220. The van der Waals surface area contributed by atoms with Crippen LogP contribution in [-0.2, 0) is 17.9 Å². The largest absolute Gasteiger partial charge is 0.497 e. The summed E-state index contributed by atoms with van der Waals surface area (Å²) in [7, 11) is 3.30. The molecule has 2 N–H and O–H groups in total. The minimum atomic E-state index is -1.08. The number of anilines is 3. The van der Waals surface area contributed by atoms with Crippen LogP contribution in [0.5, 0.6) is 11.5 Å². The molecule has 2 aliphatic rings. The lowest BCUT2D eigenvalue weighted by Gasteiger charge is -2.30. The number of methoxy groups -OCH3 is 2. The molecule has 2 aromatic carbocycles. The van der Waals surface area contributed by atoms with Gasteiger partial charge in [-0.15, -0.1) is 0 Å². The average Bonchev–Trinajstić information content (AvgIpc) is 3.61. The van der Waals surface area contributed by atoms with Crippen molar-refractivity contribution in [3.63, 3.8) is 0 Å². The number of aromatic nitrogens is 2. The molecule has 2 fully saturated rings. The van der Waals surface area contributed by atoms with Crippen molar-refractivity contribution in [3.05, 3.63) is 78.0 Å². The SMILES string of the molecule is COc1ccc(CN(Cc2ccc(OC)cc2)c2nc(N3CCC[C@H]3CCO)cc3cc(NC(=O)[C@@H]4C[C@@H]4F)ncc23)cc1. The van der Waals surface area contributed by atoms with Crippen molar-refractivity contribution in [2.45, 2.75) is 51.0 Å². The minimum absolute atomic E-state index is 0.111. The smallest absolute Gasteiger partial charge is 0.231 e. The maximum Gasteiger partial charge on any atom is 0.231 e. The van der Waals surface area contributed by atoms with E-state index in [1.54, 1.807) is 20.4 Å². The van der Waals surface area contributed by atoms with E-state index in [0.29, 0.717) is 25.3 Å². The normalized spacial score (nSPS) is 19.2. The van der Waals surface area contributed by atoms with Crippen LogP contribution in [0.3, 0.4) is 0 Å². The number of nitrogens with one attached hydrogen (secondary N) is 1. The van der Waals surface area contributed by atoms with Crippen LogP contribution in [0.25, 0.3) is 10.8 Å². The molecule has 1 aliphatic carbocycles. The molecule has 1 saturated heterocycles. The Labute approximate surface area is 256 Å². The van der Waals surface area contributed by atoms with Gasteiger partial charge < -0.3 is 29.7 Å². The van der Waals surface area contributed by atoms with Crippen molar-refractivity contribution in [1.29, 1.82) is 0 Å². The number of halogens is 1. The molecule has 6 rings (SSSR count). The summed E-state index contributed by atoms with van der Waals surface area (Å²) in [6, 6.07) is 20.0. The van der Waals surface area contributed by atoms with Crippen LogP contribution in [0.4, 0.5) is 21.8 Å². The third-order valence-electron chi connectivity index (χ3n) is 8.48. The Morgan fingerprint density at radius 3 is 2.25 bits per heavy atom. The standard InChI is InChI=1S/C34H38FN5O4/c1-43-26-9-5-22(6-10-26)20-39(21-23-7-11-27(44-2)12-8-23)33-29-19-36-31(37-34(42)28-18-30(28)35)16-24(29)17-32(38-33)40-14-3-4-25(40)13-15-41/h5-12,16-17,19,25,28,30,41H,3-4,13-15,18,20-21H2,1-2H3,(H,36,37,42)/t25-,28+,30-/m0/s1. The molecule has 1 amide bonds. The van der Waals surface area contributed by atoms with E-state index in [9.17, 15) is 14.3 Å². The number of benzene rings is 2. The lowest BCUT2D eigenvalue weighted by Crippen LogP contribution is -2.31. The van der Waals surface area contributed by atoms with E-state index >= 15 is 0 Å². The molecule has 2 aromatic heterocycles. The average molecular weight is 600 g/mol. The number of hydrogen-bond acceptors (Lipinski definition) is 8. The number of carbonyl (C=O) groups excluding carboxylic acids is 1. The summed E-state index contributed by atoms with van der Waals surface area (Å²) < 4.78 is 24.3. The summed E-state index contributed by atoms with van der Waals surface area (Å²) in [4.78, 5) is 26.8. The molecular weight excluding hydrogens is 561 g/mol. The predicted molar refractivity (Wildman–Crippen MR) is 169 cm³/mol. The van der Waals surface area contributed by atoms with Crippen LogP contribution in [0.1, 0.15) is 36.8 Å². The second kappa shape index (κ2) is 13.1. The lowest BCUT2D eigenvalue weighted by atomic mass is 10.1. The Kier molecular flexibility index (Phi) is 8.79. The number of aliphatic hydroxyl groups excluding tert-OH is 1. The molecule has 0 bridgehead atoms. The number of carbonyl (C=O) groups is 1. The second-order valence-corrected chi connectivity index (χ2v) is 11.5. The van der Waals surface area contributed by atoms with Gasteiger partial charge in [-0.2, -0.15) is 0 Å². The van der Waals surface area contributed by atoms with Crippen molar-refractivity contribution in [3.8, 4) is 11.5 Å². The van der Waals surface area contributed by atoms with Gasteiger partial charge in [0.1, 0.15) is 35.1 Å². The molecule has 4 aromatic rings. The van der Waals surface area contributed by atoms with E-state index < -0.39 is 12.1 Å². The zero-order chi connectivity index (χ0) is 30.6. The highest BCUT2D eigenvalue weighted by atomic mass is 19.1. The molecule has 9 nitrogen and oxygen atoms in total. The van der Waals surface area contributed by atoms with E-state index in [1.807, 2.05) is 60.7 Å². The topological polar surface area (TPSA) is 100 Å². The fourth-order valence-corrected chi connectivity index (χ4v) is 5.92. The van der Waals surface area contributed by atoms with Gasteiger partial charge in [0.25, 0.3) is 0 Å². The molecule has 1 saturated carbocycles. The first-order valence-corrected chi connectivity index (χ1v) is 15.1. The summed E-state index contributed by atoms with van der Waals surface area (Å²) in [5.41, 5.74) is 2.17. The maximum atomic E-state index is 13.6. The van der Waals surface area contributed by atoms with Crippen molar-refractivity contribution in [1.82, 2.24) is 9.97 Å². The molecule has 1 aliphatic heterocycles. The third-order valence-corrected chi connectivity index (χ3v) is 8.48. The Bertz CT molecular complexity index is 1550. The van der Waals surface area contributed by atoms with Gasteiger partial charge >= 0.3 is 0 Å². The van der Waals surface area contributed by atoms with Gasteiger partial charge in [-0.1, -0.05) is 24.3 Å². The number of fused-ring (bicyclic) bond motifs is 1. The number of alkyl halides is 1. The van der Waals surface area contributed by atoms with Crippen LogP contribution < -0.4 is 24.6 Å². The van der Waals surface area contributed by atoms with Crippen molar-refractivity contribution >= 4 is 34.1 Å². The monoisotopic (exact) mass is 599 g/mol. The highest BCUT2D eigenvalue weighted by molar-refractivity contribution is 5.99. The maximum absolute atomic E-state index is 13.6. The Balaban J connectivity index is 1.43. The van der Waals surface area contributed by atoms with Crippen LogP contribution in [0.15, 0.2) is 66.9 Å². The van der Waals surface area contributed by atoms with E-state index in [4.69, 9.17) is 14.5 Å². The molecule has 10 heteroatoms. The third kappa shape index (κ3) is 6.55. The zero-order valence-electron chi connectivity index (χ0n) is 25.1. The molecule has 3 heterocycles. The summed E-state index contributed by atoms with van der Waals surface area (Å²) in [5.74, 6) is 2.58. The summed E-state index contributed by atoms with van der Waals surface area (Å²) in [6.07, 6.45) is 3.58. The van der Waals surface area contributed by atoms with Gasteiger partial charge in [0.05, 0.1) is 20.1 Å². The number of ether oxygens (including phenoxy) is 2. The minimum Gasteiger partial charge on any atom is -0.497 e. The number of nitrogens with zero attached hydrogens (tertiary/aromatic N) is 4. The molecule has 0 spiro atoms. The number of rotatable bonds is 12. The molecule has 0 radical (unpaired) electrons. The summed E-state index contributed by atoms with van der Waals surface area (Å²) >= 11 is 0. The van der Waals surface area contributed by atoms with E-state index in [-0.39, 0.29) is 25.0 Å². The zero-order valence-corrected chi connectivity index (χ0v) is 25.1. The van der Waals surface area contributed by atoms with E-state index in [0.717, 1.165) is 64.4 Å². The Morgan fingerprint density at radius 2 is 1.68 bits per heavy atom. The van der Waals surface area contributed by atoms with Crippen molar-refractivity contribution in [2.75, 3.05) is 42.5 Å². The van der Waals surface area contributed by atoms with Gasteiger partial charge in [0.15, 0.2) is 0 Å². The first-order chi connectivity index (χ1) is 21.4. The van der Waals surface area contributed by atoms with Gasteiger partial charge in [0, 0.05) is 43.9 Å². The highest BCUT2D eigenvalue weighted by Crippen LogP contribution is 2.37. The van der Waals surface area contributed by atoms with Gasteiger partial charge in [-0.3, -0.25) is 4.79 Å². The van der Waals surface area contributed by atoms with Crippen LogP contribution in [0, 0.1) is 5.92 Å². The number of aliphatic hydroxyl groups is 1. The van der Waals surface area contributed by atoms with Gasteiger partial charge in [-0.25, -0.2) is 14.4 Å². The summed E-state index contributed by atoms with van der Waals surface area (Å²) in [6.45, 7) is 2.09. The number of hydrogen-bond donors (Lipinski definition) is 2. The first kappa shape index (κ1) is 29.6. The fourth-order valence-electron chi connectivity index (χ4n) is 5.92. The van der Waals surface area contributed by atoms with E-state index in [2.05, 4.69) is 20.1 Å². The van der Waals surface area contributed by atoms with Crippen molar-refractivity contribution in [2.24, 2.45) is 5.92 Å². The molecule has 3 atom stereocenters. The molecule has 0 unspecified atom stereocenters. The fraction of sp³-hybridized carbons (Fsp3) is 0.382. The molecule has 44 heavy (non-hydrogen) atoms. The molecular formula is C34H38FN5O4. The summed E-state index contributed by atoms with van der Waals surface area (Å²) in [5, 5.41) is 14.3. The predicted octanol–water partition coefficient (Wildman–Crippen LogP) is 5.50.